The fraction of sp³-hybridized carbons (Fsp3) is 0.625. The summed E-state index contributed by atoms with van der Waals surface area (Å²) in [7, 11) is 0. The quantitative estimate of drug-likeness (QED) is 0.473. The zero-order valence-electron chi connectivity index (χ0n) is 6.59. The van der Waals surface area contributed by atoms with Crippen molar-refractivity contribution >= 4 is 17.3 Å². The molecule has 0 aromatic heterocycles. The molecule has 0 bridgehead atoms. The van der Waals surface area contributed by atoms with Crippen LogP contribution < -0.4 is 0 Å². The average molecular weight is 154 g/mol. The Balaban J connectivity index is 2.88. The van der Waals surface area contributed by atoms with Gasteiger partial charge in [-0.1, -0.05) is 13.8 Å². The molecule has 3 heteroatoms. The molecule has 2 atom stereocenters. The molecule has 0 heterocycles. The third-order valence-electron chi connectivity index (χ3n) is 2.05. The number of rotatable bonds is 0. The Kier molecular flexibility index (Phi) is 1.89. The van der Waals surface area contributed by atoms with Gasteiger partial charge in [-0.2, -0.15) is 0 Å². The van der Waals surface area contributed by atoms with E-state index in [9.17, 15) is 14.4 Å². The molecule has 1 aliphatic carbocycles. The van der Waals surface area contributed by atoms with E-state index in [1.807, 2.05) is 0 Å². The van der Waals surface area contributed by atoms with Crippen molar-refractivity contribution in [1.82, 2.24) is 0 Å². The van der Waals surface area contributed by atoms with Gasteiger partial charge in [-0.25, -0.2) is 0 Å². The predicted molar refractivity (Wildman–Crippen MR) is 38.0 cm³/mol. The lowest BCUT2D eigenvalue weighted by molar-refractivity contribution is -0.149. The molecule has 0 spiro atoms. The van der Waals surface area contributed by atoms with Crippen LogP contribution in [0.3, 0.4) is 0 Å². The van der Waals surface area contributed by atoms with Gasteiger partial charge in [-0.15, -0.1) is 0 Å². The summed E-state index contributed by atoms with van der Waals surface area (Å²) in [4.78, 5) is 32.7. The van der Waals surface area contributed by atoms with Gasteiger partial charge < -0.3 is 0 Å². The second-order valence-corrected chi connectivity index (χ2v) is 3.10. The highest BCUT2D eigenvalue weighted by atomic mass is 16.2. The monoisotopic (exact) mass is 154 g/mol. The summed E-state index contributed by atoms with van der Waals surface area (Å²) in [6.07, 6.45) is 0.517. The van der Waals surface area contributed by atoms with Gasteiger partial charge in [0.2, 0.25) is 11.6 Å². The highest BCUT2D eigenvalue weighted by Gasteiger charge is 2.37. The number of carbonyl (C=O) groups is 3. The van der Waals surface area contributed by atoms with E-state index in [0.29, 0.717) is 6.42 Å². The second-order valence-electron chi connectivity index (χ2n) is 3.10. The molecule has 0 amide bonds. The Bertz CT molecular complexity index is 207. The lowest BCUT2D eigenvalue weighted by Crippen LogP contribution is -2.39. The summed E-state index contributed by atoms with van der Waals surface area (Å²) in [5, 5.41) is 0. The van der Waals surface area contributed by atoms with E-state index >= 15 is 0 Å². The van der Waals surface area contributed by atoms with Crippen LogP contribution in [-0.2, 0) is 14.4 Å². The molecule has 60 valence electrons. The van der Waals surface area contributed by atoms with Crippen LogP contribution in [-0.4, -0.2) is 17.3 Å². The summed E-state index contributed by atoms with van der Waals surface area (Å²) < 4.78 is 0. The third kappa shape index (κ3) is 1.23. The Morgan fingerprint density at radius 1 is 1.00 bits per heavy atom. The molecular weight excluding hydrogens is 144 g/mol. The molecule has 0 saturated heterocycles. The third-order valence-corrected chi connectivity index (χ3v) is 2.05. The van der Waals surface area contributed by atoms with E-state index in [2.05, 4.69) is 0 Å². The van der Waals surface area contributed by atoms with Gasteiger partial charge in [0, 0.05) is 11.8 Å². The van der Waals surface area contributed by atoms with Gasteiger partial charge in [-0.05, 0) is 6.42 Å². The number of hydrogen-bond donors (Lipinski definition) is 0. The SMILES string of the molecule is CC1CC(C)C(=O)C(=O)C1=O. The number of hydrogen-bond acceptors (Lipinski definition) is 3. The second kappa shape index (κ2) is 2.57. The van der Waals surface area contributed by atoms with E-state index in [1.165, 1.54) is 0 Å². The van der Waals surface area contributed by atoms with Crippen LogP contribution >= 0.6 is 0 Å². The smallest absolute Gasteiger partial charge is 0.264 e. The molecule has 0 aromatic carbocycles. The summed E-state index contributed by atoms with van der Waals surface area (Å²) in [6, 6.07) is 0. The Labute approximate surface area is 64.8 Å². The fourth-order valence-corrected chi connectivity index (χ4v) is 1.31. The summed E-state index contributed by atoms with van der Waals surface area (Å²) in [5.74, 6) is -2.39. The molecule has 3 nitrogen and oxygen atoms in total. The van der Waals surface area contributed by atoms with Crippen molar-refractivity contribution in [3.8, 4) is 0 Å². The summed E-state index contributed by atoms with van der Waals surface area (Å²) >= 11 is 0. The lowest BCUT2D eigenvalue weighted by Gasteiger charge is -2.19. The minimum atomic E-state index is -0.809. The Hall–Kier alpha value is -0.990. The molecule has 0 N–H and O–H groups in total. The molecule has 1 saturated carbocycles. The standard InChI is InChI=1S/C8H10O3/c1-4-3-5(2)7(10)8(11)6(4)9/h4-5H,3H2,1-2H3. The average Bonchev–Trinajstić information content (AvgIpc) is 1.97. The van der Waals surface area contributed by atoms with Gasteiger partial charge in [0.1, 0.15) is 0 Å². The molecule has 11 heavy (non-hydrogen) atoms. The van der Waals surface area contributed by atoms with Gasteiger partial charge >= 0.3 is 0 Å². The normalized spacial score (nSPS) is 32.7. The molecule has 0 aliphatic heterocycles. The minimum Gasteiger partial charge on any atom is -0.290 e. The van der Waals surface area contributed by atoms with Crippen LogP contribution in [0.15, 0.2) is 0 Å². The van der Waals surface area contributed by atoms with Crippen molar-refractivity contribution in [1.29, 1.82) is 0 Å². The van der Waals surface area contributed by atoms with Crippen LogP contribution in [0.1, 0.15) is 20.3 Å². The predicted octanol–water partition coefficient (Wildman–Crippen LogP) is 0.370. The largest absolute Gasteiger partial charge is 0.290 e. The minimum absolute atomic E-state index is 0.268. The van der Waals surface area contributed by atoms with Crippen molar-refractivity contribution in [3.63, 3.8) is 0 Å². The maximum atomic E-state index is 10.9. The molecule has 1 fully saturated rings. The summed E-state index contributed by atoms with van der Waals surface area (Å²) in [6.45, 7) is 3.37. The Morgan fingerprint density at radius 3 is 1.73 bits per heavy atom. The molecule has 0 aromatic rings. The molecule has 2 unspecified atom stereocenters. The maximum Gasteiger partial charge on any atom is 0.264 e. The topological polar surface area (TPSA) is 51.2 Å². The molecule has 1 rings (SSSR count). The maximum absolute atomic E-state index is 10.9. The number of ketones is 3. The van der Waals surface area contributed by atoms with Crippen molar-refractivity contribution in [3.05, 3.63) is 0 Å². The fourth-order valence-electron chi connectivity index (χ4n) is 1.31. The lowest BCUT2D eigenvalue weighted by atomic mass is 9.81. The van der Waals surface area contributed by atoms with E-state index in [-0.39, 0.29) is 11.8 Å². The van der Waals surface area contributed by atoms with E-state index in [0.717, 1.165) is 0 Å². The first kappa shape index (κ1) is 8.11. The van der Waals surface area contributed by atoms with Crippen molar-refractivity contribution in [2.45, 2.75) is 20.3 Å². The first-order chi connectivity index (χ1) is 5.04. The zero-order chi connectivity index (χ0) is 8.59. The van der Waals surface area contributed by atoms with E-state index in [4.69, 9.17) is 0 Å². The van der Waals surface area contributed by atoms with Gasteiger partial charge in [0.15, 0.2) is 0 Å². The number of Topliss-reactive ketones (excluding diaryl/α,β-unsaturated/α-hetero) is 3. The molecule has 1 aliphatic rings. The van der Waals surface area contributed by atoms with Crippen LogP contribution in [0.4, 0.5) is 0 Å². The van der Waals surface area contributed by atoms with E-state index in [1.54, 1.807) is 13.8 Å². The van der Waals surface area contributed by atoms with E-state index < -0.39 is 17.3 Å². The van der Waals surface area contributed by atoms with Gasteiger partial charge in [0.25, 0.3) is 5.78 Å². The first-order valence-corrected chi connectivity index (χ1v) is 3.66. The van der Waals surface area contributed by atoms with Crippen molar-refractivity contribution < 1.29 is 14.4 Å². The highest BCUT2D eigenvalue weighted by molar-refractivity contribution is 6.65. The van der Waals surface area contributed by atoms with Crippen LogP contribution in [0, 0.1) is 11.8 Å². The highest BCUT2D eigenvalue weighted by Crippen LogP contribution is 2.20. The Morgan fingerprint density at radius 2 is 1.36 bits per heavy atom. The van der Waals surface area contributed by atoms with Crippen LogP contribution in [0.2, 0.25) is 0 Å². The van der Waals surface area contributed by atoms with Crippen LogP contribution in [0.25, 0.3) is 0 Å². The van der Waals surface area contributed by atoms with Gasteiger partial charge in [0.05, 0.1) is 0 Å². The van der Waals surface area contributed by atoms with Crippen molar-refractivity contribution in [2.24, 2.45) is 11.8 Å². The van der Waals surface area contributed by atoms with Gasteiger partial charge in [-0.3, -0.25) is 14.4 Å². The van der Waals surface area contributed by atoms with Crippen LogP contribution in [0.5, 0.6) is 0 Å². The van der Waals surface area contributed by atoms with Crippen molar-refractivity contribution in [2.75, 3.05) is 0 Å². The molecule has 0 radical (unpaired) electrons. The zero-order valence-corrected chi connectivity index (χ0v) is 6.59. The molecular formula is C8H10O3. The number of carbonyl (C=O) groups excluding carboxylic acids is 3. The summed E-state index contributed by atoms with van der Waals surface area (Å²) in [5.41, 5.74) is 0. The first-order valence-electron chi connectivity index (χ1n) is 3.66.